The Kier molecular flexibility index (Phi) is 3.63. The number of aromatic nitrogens is 2. The third-order valence-electron chi connectivity index (χ3n) is 3.91. The lowest BCUT2D eigenvalue weighted by Gasteiger charge is -2.34. The minimum Gasteiger partial charge on any atom is -0.375 e. The molecule has 5 heteroatoms. The zero-order valence-electron chi connectivity index (χ0n) is 11.5. The number of hydrogen-bond donors (Lipinski definition) is 0. The molecule has 0 amide bonds. The van der Waals surface area contributed by atoms with Crippen molar-refractivity contribution >= 4 is 17.4 Å². The predicted molar refractivity (Wildman–Crippen MR) is 76.0 cm³/mol. The van der Waals surface area contributed by atoms with Crippen molar-refractivity contribution in [1.82, 2.24) is 9.97 Å². The molecule has 0 N–H and O–H groups in total. The van der Waals surface area contributed by atoms with Crippen LogP contribution in [0.4, 0.5) is 5.82 Å². The molecule has 104 valence electrons. The Labute approximate surface area is 119 Å². The molecule has 0 bridgehead atoms. The van der Waals surface area contributed by atoms with Crippen molar-refractivity contribution < 1.29 is 4.74 Å². The second-order valence-electron chi connectivity index (χ2n) is 5.44. The van der Waals surface area contributed by atoms with E-state index in [9.17, 15) is 0 Å². The molecule has 1 aliphatic heterocycles. The van der Waals surface area contributed by atoms with Gasteiger partial charge in [0.05, 0.1) is 12.7 Å². The minimum absolute atomic E-state index is 0.297. The first-order valence-corrected chi connectivity index (χ1v) is 7.47. The van der Waals surface area contributed by atoms with Gasteiger partial charge in [-0.05, 0) is 26.2 Å². The fraction of sp³-hybridized carbons (Fsp3) is 0.714. The highest BCUT2D eigenvalue weighted by molar-refractivity contribution is 6.30. The maximum absolute atomic E-state index is 6.27. The van der Waals surface area contributed by atoms with Gasteiger partial charge >= 0.3 is 0 Å². The molecule has 0 radical (unpaired) electrons. The van der Waals surface area contributed by atoms with E-state index in [0.29, 0.717) is 17.2 Å². The van der Waals surface area contributed by atoms with Crippen molar-refractivity contribution in [3.05, 3.63) is 16.5 Å². The highest BCUT2D eigenvalue weighted by Gasteiger charge is 2.30. The zero-order chi connectivity index (χ0) is 13.4. The molecule has 3 rings (SSSR count). The van der Waals surface area contributed by atoms with Crippen LogP contribution in [0.3, 0.4) is 0 Å². The molecule has 2 fully saturated rings. The average Bonchev–Trinajstić information content (AvgIpc) is 3.26. The van der Waals surface area contributed by atoms with Crippen LogP contribution >= 0.6 is 11.6 Å². The van der Waals surface area contributed by atoms with Crippen LogP contribution in [0.15, 0.2) is 0 Å². The van der Waals surface area contributed by atoms with E-state index in [4.69, 9.17) is 21.3 Å². The van der Waals surface area contributed by atoms with E-state index in [0.717, 1.165) is 43.3 Å². The molecule has 0 aromatic carbocycles. The van der Waals surface area contributed by atoms with E-state index >= 15 is 0 Å². The lowest BCUT2D eigenvalue weighted by Crippen LogP contribution is -2.43. The van der Waals surface area contributed by atoms with Gasteiger partial charge in [0.25, 0.3) is 0 Å². The maximum atomic E-state index is 6.27. The summed E-state index contributed by atoms with van der Waals surface area (Å²) in [7, 11) is 0. The molecule has 4 nitrogen and oxygen atoms in total. The summed E-state index contributed by atoms with van der Waals surface area (Å²) in [5.41, 5.74) is 0.989. The summed E-state index contributed by atoms with van der Waals surface area (Å²) < 4.78 is 5.72. The van der Waals surface area contributed by atoms with E-state index in [1.807, 2.05) is 6.92 Å². The van der Waals surface area contributed by atoms with Crippen LogP contribution in [0.25, 0.3) is 0 Å². The van der Waals surface area contributed by atoms with Crippen molar-refractivity contribution in [1.29, 1.82) is 0 Å². The molecule has 2 heterocycles. The van der Waals surface area contributed by atoms with Gasteiger partial charge in [0.15, 0.2) is 0 Å². The molecular weight excluding hydrogens is 262 g/mol. The Balaban J connectivity index is 1.89. The van der Waals surface area contributed by atoms with Crippen molar-refractivity contribution in [3.8, 4) is 0 Å². The molecule has 1 aliphatic carbocycles. The maximum Gasteiger partial charge on any atom is 0.137 e. The fourth-order valence-corrected chi connectivity index (χ4v) is 2.66. The van der Waals surface area contributed by atoms with Gasteiger partial charge in [-0.15, -0.1) is 0 Å². The second kappa shape index (κ2) is 5.25. The standard InChI is InChI=1S/C14H20ClN3O/c1-3-11-8-18(6-7-19-11)14-9(2)12(15)16-13(17-14)10-4-5-10/h10-11H,3-8H2,1-2H3. The van der Waals surface area contributed by atoms with Crippen LogP contribution in [0.5, 0.6) is 0 Å². The molecule has 1 atom stereocenters. The van der Waals surface area contributed by atoms with E-state index in [2.05, 4.69) is 16.8 Å². The van der Waals surface area contributed by atoms with Gasteiger partial charge in [-0.25, -0.2) is 9.97 Å². The molecule has 19 heavy (non-hydrogen) atoms. The van der Waals surface area contributed by atoms with Crippen LogP contribution in [-0.4, -0.2) is 35.8 Å². The number of hydrogen-bond acceptors (Lipinski definition) is 4. The van der Waals surface area contributed by atoms with Crippen LogP contribution in [0, 0.1) is 6.92 Å². The Bertz CT molecular complexity index is 476. The summed E-state index contributed by atoms with van der Waals surface area (Å²) in [6.07, 6.45) is 3.72. The third-order valence-corrected chi connectivity index (χ3v) is 4.28. The van der Waals surface area contributed by atoms with E-state index in [-0.39, 0.29) is 0 Å². The zero-order valence-corrected chi connectivity index (χ0v) is 12.3. The molecule has 1 saturated carbocycles. The first-order chi connectivity index (χ1) is 9.19. The van der Waals surface area contributed by atoms with Gasteiger partial charge < -0.3 is 9.64 Å². The largest absolute Gasteiger partial charge is 0.375 e. The smallest absolute Gasteiger partial charge is 0.137 e. The second-order valence-corrected chi connectivity index (χ2v) is 5.80. The van der Waals surface area contributed by atoms with E-state index in [1.54, 1.807) is 0 Å². The lowest BCUT2D eigenvalue weighted by molar-refractivity contribution is 0.0381. The summed E-state index contributed by atoms with van der Waals surface area (Å²) in [4.78, 5) is 11.5. The van der Waals surface area contributed by atoms with Crippen LogP contribution in [0.1, 0.15) is 43.5 Å². The highest BCUT2D eigenvalue weighted by Crippen LogP contribution is 2.40. The fourth-order valence-electron chi connectivity index (χ4n) is 2.48. The Morgan fingerprint density at radius 1 is 1.37 bits per heavy atom. The van der Waals surface area contributed by atoms with Crippen LogP contribution in [-0.2, 0) is 4.74 Å². The number of rotatable bonds is 3. The van der Waals surface area contributed by atoms with Crippen LogP contribution < -0.4 is 4.90 Å². The summed E-state index contributed by atoms with van der Waals surface area (Å²) in [6, 6.07) is 0. The highest BCUT2D eigenvalue weighted by atomic mass is 35.5. The van der Waals surface area contributed by atoms with E-state index in [1.165, 1.54) is 12.8 Å². The third kappa shape index (κ3) is 2.70. The minimum atomic E-state index is 0.297. The van der Waals surface area contributed by atoms with Gasteiger partial charge in [-0.1, -0.05) is 18.5 Å². The normalized spacial score (nSPS) is 23.7. The first-order valence-electron chi connectivity index (χ1n) is 7.09. The van der Waals surface area contributed by atoms with E-state index < -0.39 is 0 Å². The molecule has 0 spiro atoms. The Morgan fingerprint density at radius 2 is 2.16 bits per heavy atom. The Morgan fingerprint density at radius 3 is 2.84 bits per heavy atom. The molecule has 1 unspecified atom stereocenters. The number of morpholine rings is 1. The number of anilines is 1. The molecule has 1 saturated heterocycles. The number of halogens is 1. The lowest BCUT2D eigenvalue weighted by atomic mass is 10.2. The van der Waals surface area contributed by atoms with Gasteiger partial charge in [0.1, 0.15) is 16.8 Å². The molecule has 2 aliphatic rings. The summed E-state index contributed by atoms with van der Waals surface area (Å²) >= 11 is 6.27. The predicted octanol–water partition coefficient (Wildman–Crippen LogP) is 2.93. The van der Waals surface area contributed by atoms with Gasteiger partial charge in [0.2, 0.25) is 0 Å². The molecular formula is C14H20ClN3O. The van der Waals surface area contributed by atoms with Crippen molar-refractivity contribution in [3.63, 3.8) is 0 Å². The van der Waals surface area contributed by atoms with Gasteiger partial charge in [0, 0.05) is 24.6 Å². The van der Waals surface area contributed by atoms with Crippen molar-refractivity contribution in [2.45, 2.75) is 45.1 Å². The summed E-state index contributed by atoms with van der Waals surface area (Å²) in [5.74, 6) is 2.45. The van der Waals surface area contributed by atoms with Crippen molar-refractivity contribution in [2.24, 2.45) is 0 Å². The quantitative estimate of drug-likeness (QED) is 0.799. The number of ether oxygens (including phenoxy) is 1. The summed E-state index contributed by atoms with van der Waals surface area (Å²) in [6.45, 7) is 6.70. The first kappa shape index (κ1) is 13.1. The van der Waals surface area contributed by atoms with Gasteiger partial charge in [-0.2, -0.15) is 0 Å². The van der Waals surface area contributed by atoms with Crippen LogP contribution in [0.2, 0.25) is 5.15 Å². The summed E-state index contributed by atoms with van der Waals surface area (Å²) in [5, 5.41) is 0.603. The monoisotopic (exact) mass is 281 g/mol. The molecule has 1 aromatic heterocycles. The van der Waals surface area contributed by atoms with Gasteiger partial charge in [-0.3, -0.25) is 0 Å². The SMILES string of the molecule is CCC1CN(c2nc(C3CC3)nc(Cl)c2C)CCO1. The average molecular weight is 282 g/mol. The van der Waals surface area contributed by atoms with Crippen molar-refractivity contribution in [2.75, 3.05) is 24.6 Å². The Hall–Kier alpha value is -0.870. The number of nitrogens with zero attached hydrogens (tertiary/aromatic N) is 3. The topological polar surface area (TPSA) is 38.2 Å². The molecule has 1 aromatic rings.